The first-order valence-corrected chi connectivity index (χ1v) is 8.05. The van der Waals surface area contributed by atoms with E-state index >= 15 is 0 Å². The molecule has 1 heterocycles. The average Bonchev–Trinajstić information content (AvgIpc) is 2.44. The number of nitrogens with one attached hydrogen (secondary N) is 1. The molecule has 0 saturated heterocycles. The molecule has 0 fully saturated rings. The van der Waals surface area contributed by atoms with Crippen LogP contribution in [0.1, 0.15) is 30.9 Å². The monoisotopic (exact) mass is 399 g/mol. The van der Waals surface area contributed by atoms with Gasteiger partial charge in [0.15, 0.2) is 0 Å². The molecule has 2 rings (SSSR count). The molecular formula is C16H19FIN3. The van der Waals surface area contributed by atoms with Crippen LogP contribution in [0.15, 0.2) is 24.3 Å². The molecule has 0 radical (unpaired) electrons. The van der Waals surface area contributed by atoms with Crippen molar-refractivity contribution in [1.29, 1.82) is 0 Å². The average molecular weight is 399 g/mol. The van der Waals surface area contributed by atoms with Gasteiger partial charge in [0.2, 0.25) is 0 Å². The normalized spacial score (nSPS) is 11.0. The zero-order valence-corrected chi connectivity index (χ0v) is 14.6. The van der Waals surface area contributed by atoms with Crippen LogP contribution in [-0.2, 0) is 12.8 Å². The number of halogens is 2. The van der Waals surface area contributed by atoms with Crippen LogP contribution in [0.5, 0.6) is 0 Å². The van der Waals surface area contributed by atoms with Crippen LogP contribution < -0.4 is 5.32 Å². The molecule has 0 aliphatic heterocycles. The van der Waals surface area contributed by atoms with E-state index in [0.717, 1.165) is 21.5 Å². The lowest BCUT2D eigenvalue weighted by molar-refractivity contribution is 0.609. The highest BCUT2D eigenvalue weighted by Gasteiger charge is 2.14. The second-order valence-electron chi connectivity index (χ2n) is 5.37. The maximum Gasteiger partial charge on any atom is 0.143 e. The molecule has 2 aromatic rings. The van der Waals surface area contributed by atoms with Crippen molar-refractivity contribution in [3.63, 3.8) is 0 Å². The van der Waals surface area contributed by atoms with Gasteiger partial charge >= 0.3 is 0 Å². The van der Waals surface area contributed by atoms with Crippen molar-refractivity contribution in [2.75, 3.05) is 12.4 Å². The molecule has 0 amide bonds. The van der Waals surface area contributed by atoms with Gasteiger partial charge in [0.05, 0.1) is 9.26 Å². The molecule has 21 heavy (non-hydrogen) atoms. The molecule has 0 aliphatic rings. The van der Waals surface area contributed by atoms with Gasteiger partial charge in [-0.15, -0.1) is 0 Å². The summed E-state index contributed by atoms with van der Waals surface area (Å²) < 4.78 is 14.8. The Balaban J connectivity index is 2.37. The zero-order chi connectivity index (χ0) is 15.4. The Morgan fingerprint density at radius 2 is 1.95 bits per heavy atom. The number of hydrogen-bond acceptors (Lipinski definition) is 3. The molecule has 1 aromatic heterocycles. The van der Waals surface area contributed by atoms with E-state index in [1.165, 1.54) is 6.07 Å². The lowest BCUT2D eigenvalue weighted by Crippen LogP contribution is -2.10. The van der Waals surface area contributed by atoms with Crippen LogP contribution in [0.4, 0.5) is 10.2 Å². The minimum atomic E-state index is -0.212. The highest BCUT2D eigenvalue weighted by molar-refractivity contribution is 14.1. The first kappa shape index (κ1) is 16.1. The number of benzene rings is 1. The Bertz CT molecular complexity index is 629. The standard InChI is InChI=1S/C16H19FIN3/c1-10(2)8-13-15(18)16(19-3)21-14(20-13)9-11-6-4-5-7-12(11)17/h4-7,10H,8-9H2,1-3H3,(H,19,20,21). The quantitative estimate of drug-likeness (QED) is 0.771. The van der Waals surface area contributed by atoms with E-state index in [2.05, 4.69) is 51.7 Å². The maximum absolute atomic E-state index is 13.8. The summed E-state index contributed by atoms with van der Waals surface area (Å²) in [6.07, 6.45) is 1.29. The summed E-state index contributed by atoms with van der Waals surface area (Å²) >= 11 is 2.27. The van der Waals surface area contributed by atoms with E-state index in [1.807, 2.05) is 13.1 Å². The number of nitrogens with zero attached hydrogens (tertiary/aromatic N) is 2. The van der Waals surface area contributed by atoms with Crippen LogP contribution in [0.25, 0.3) is 0 Å². The van der Waals surface area contributed by atoms with Crippen LogP contribution >= 0.6 is 22.6 Å². The van der Waals surface area contributed by atoms with Gasteiger partial charge < -0.3 is 5.32 Å². The van der Waals surface area contributed by atoms with E-state index in [9.17, 15) is 4.39 Å². The molecule has 5 heteroatoms. The molecule has 0 spiro atoms. The third-order valence-corrected chi connectivity index (χ3v) is 4.24. The van der Waals surface area contributed by atoms with E-state index in [-0.39, 0.29) is 5.82 Å². The Morgan fingerprint density at radius 1 is 1.24 bits per heavy atom. The summed E-state index contributed by atoms with van der Waals surface area (Å²) in [5.41, 5.74) is 1.65. The first-order valence-electron chi connectivity index (χ1n) is 6.97. The second-order valence-corrected chi connectivity index (χ2v) is 6.44. The number of anilines is 1. The molecule has 0 atom stereocenters. The minimum absolute atomic E-state index is 0.212. The summed E-state index contributed by atoms with van der Waals surface area (Å²) in [4.78, 5) is 9.13. The van der Waals surface area contributed by atoms with E-state index in [0.29, 0.717) is 23.7 Å². The predicted octanol–water partition coefficient (Wildman–Crippen LogP) is 4.05. The third kappa shape index (κ3) is 4.12. The van der Waals surface area contributed by atoms with Crippen LogP contribution in [-0.4, -0.2) is 17.0 Å². The fourth-order valence-electron chi connectivity index (χ4n) is 2.12. The fraction of sp³-hybridized carbons (Fsp3) is 0.375. The molecule has 112 valence electrons. The van der Waals surface area contributed by atoms with Crippen molar-refractivity contribution >= 4 is 28.4 Å². The van der Waals surface area contributed by atoms with Gasteiger partial charge in [-0.1, -0.05) is 32.0 Å². The molecule has 0 aliphatic carbocycles. The van der Waals surface area contributed by atoms with Gasteiger partial charge in [-0.25, -0.2) is 14.4 Å². The second kappa shape index (κ2) is 7.15. The summed E-state index contributed by atoms with van der Waals surface area (Å²) in [5.74, 6) is 1.77. The van der Waals surface area contributed by atoms with Gasteiger partial charge in [-0.05, 0) is 46.6 Å². The largest absolute Gasteiger partial charge is 0.372 e. The Morgan fingerprint density at radius 3 is 2.57 bits per heavy atom. The number of hydrogen-bond donors (Lipinski definition) is 1. The van der Waals surface area contributed by atoms with Gasteiger partial charge in [-0.3, -0.25) is 0 Å². The van der Waals surface area contributed by atoms with Gasteiger partial charge in [0.1, 0.15) is 17.5 Å². The maximum atomic E-state index is 13.8. The first-order chi connectivity index (χ1) is 10.0. The Hall–Kier alpha value is -1.24. The van der Waals surface area contributed by atoms with Gasteiger partial charge in [-0.2, -0.15) is 0 Å². The molecule has 0 unspecified atom stereocenters. The van der Waals surface area contributed by atoms with Gasteiger partial charge in [0, 0.05) is 13.5 Å². The number of rotatable bonds is 5. The van der Waals surface area contributed by atoms with E-state index in [1.54, 1.807) is 12.1 Å². The SMILES string of the molecule is CNc1nc(Cc2ccccc2F)nc(CC(C)C)c1I. The lowest BCUT2D eigenvalue weighted by Gasteiger charge is -2.13. The summed E-state index contributed by atoms with van der Waals surface area (Å²) in [7, 11) is 1.84. The van der Waals surface area contributed by atoms with Crippen molar-refractivity contribution in [1.82, 2.24) is 9.97 Å². The van der Waals surface area contributed by atoms with E-state index in [4.69, 9.17) is 0 Å². The summed E-state index contributed by atoms with van der Waals surface area (Å²) in [5, 5.41) is 3.10. The topological polar surface area (TPSA) is 37.8 Å². The van der Waals surface area contributed by atoms with Crippen molar-refractivity contribution in [3.05, 3.63) is 50.7 Å². The fourth-order valence-corrected chi connectivity index (χ4v) is 2.85. The molecule has 1 N–H and O–H groups in total. The molecule has 0 saturated carbocycles. The molecule has 1 aromatic carbocycles. The molecule has 3 nitrogen and oxygen atoms in total. The third-order valence-electron chi connectivity index (χ3n) is 3.11. The number of aromatic nitrogens is 2. The summed E-state index contributed by atoms with van der Waals surface area (Å²) in [6, 6.07) is 6.77. The van der Waals surface area contributed by atoms with E-state index < -0.39 is 0 Å². The predicted molar refractivity (Wildman–Crippen MR) is 92.0 cm³/mol. The van der Waals surface area contributed by atoms with Crippen molar-refractivity contribution in [3.8, 4) is 0 Å². The Kier molecular flexibility index (Phi) is 5.50. The molecule has 0 bridgehead atoms. The highest BCUT2D eigenvalue weighted by Crippen LogP contribution is 2.22. The van der Waals surface area contributed by atoms with Crippen LogP contribution in [0, 0.1) is 15.3 Å². The van der Waals surface area contributed by atoms with Crippen molar-refractivity contribution in [2.24, 2.45) is 5.92 Å². The van der Waals surface area contributed by atoms with Crippen molar-refractivity contribution in [2.45, 2.75) is 26.7 Å². The zero-order valence-electron chi connectivity index (χ0n) is 12.5. The van der Waals surface area contributed by atoms with Crippen LogP contribution in [0.3, 0.4) is 0 Å². The van der Waals surface area contributed by atoms with Crippen LogP contribution in [0.2, 0.25) is 0 Å². The minimum Gasteiger partial charge on any atom is -0.372 e. The molecular weight excluding hydrogens is 380 g/mol. The summed E-state index contributed by atoms with van der Waals surface area (Å²) in [6.45, 7) is 4.32. The highest BCUT2D eigenvalue weighted by atomic mass is 127. The Labute approximate surface area is 138 Å². The van der Waals surface area contributed by atoms with Crippen molar-refractivity contribution < 1.29 is 4.39 Å². The van der Waals surface area contributed by atoms with Gasteiger partial charge in [0.25, 0.3) is 0 Å². The smallest absolute Gasteiger partial charge is 0.143 e. The lowest BCUT2D eigenvalue weighted by atomic mass is 10.1.